The minimum atomic E-state index is 0.135. The highest BCUT2D eigenvalue weighted by atomic mass is 16.2. The van der Waals surface area contributed by atoms with Gasteiger partial charge in [0, 0.05) is 38.6 Å². The number of amides is 1. The lowest BCUT2D eigenvalue weighted by Crippen LogP contribution is -2.50. The average molecular weight is 270 g/mol. The number of hydrogen-bond acceptors (Lipinski definition) is 3. The molecule has 3 rings (SSSR count). The maximum absolute atomic E-state index is 11.9. The highest BCUT2D eigenvalue weighted by molar-refractivity contribution is 5.80. The summed E-state index contributed by atoms with van der Waals surface area (Å²) in [5, 5.41) is 6.13. The van der Waals surface area contributed by atoms with Crippen molar-refractivity contribution >= 4 is 5.91 Å². The van der Waals surface area contributed by atoms with E-state index in [1.54, 1.807) is 12.5 Å². The Morgan fingerprint density at radius 2 is 2.15 bits per heavy atom. The van der Waals surface area contributed by atoms with Crippen molar-refractivity contribution in [2.24, 2.45) is 5.92 Å². The van der Waals surface area contributed by atoms with Gasteiger partial charge in [-0.3, -0.25) is 4.79 Å². The number of hydrogen-bond donors (Lipinski definition) is 2. The van der Waals surface area contributed by atoms with E-state index in [9.17, 15) is 4.79 Å². The molecule has 5 nitrogen and oxygen atoms in total. The number of nitrogens with zero attached hydrogens (tertiary/aromatic N) is 2. The molecule has 1 amide bonds. The Bertz CT molecular complexity index is 575. The van der Waals surface area contributed by atoms with Crippen LogP contribution >= 0.6 is 0 Å². The van der Waals surface area contributed by atoms with Crippen molar-refractivity contribution in [3.05, 3.63) is 54.1 Å². The Morgan fingerprint density at radius 3 is 2.80 bits per heavy atom. The maximum Gasteiger partial charge on any atom is 0.225 e. The smallest absolute Gasteiger partial charge is 0.225 e. The molecule has 0 unspecified atom stereocenters. The van der Waals surface area contributed by atoms with Crippen LogP contribution < -0.4 is 10.6 Å². The number of rotatable bonds is 5. The lowest BCUT2D eigenvalue weighted by molar-refractivity contribution is -0.126. The van der Waals surface area contributed by atoms with Crippen LogP contribution in [0.1, 0.15) is 11.1 Å². The molecule has 1 saturated heterocycles. The van der Waals surface area contributed by atoms with Gasteiger partial charge in [0.15, 0.2) is 0 Å². The molecule has 0 bridgehead atoms. The molecule has 1 aliphatic rings. The maximum atomic E-state index is 11.9. The summed E-state index contributed by atoms with van der Waals surface area (Å²) in [6.45, 7) is 2.95. The number of benzene rings is 1. The predicted octanol–water partition coefficient (Wildman–Crippen LogP) is 0.767. The van der Waals surface area contributed by atoms with Crippen molar-refractivity contribution in [2.45, 2.75) is 13.1 Å². The van der Waals surface area contributed by atoms with Crippen LogP contribution in [0.3, 0.4) is 0 Å². The third-order valence-corrected chi connectivity index (χ3v) is 3.64. The van der Waals surface area contributed by atoms with Crippen LogP contribution in [0.25, 0.3) is 0 Å². The number of nitrogens with one attached hydrogen (secondary N) is 2. The molecule has 104 valence electrons. The molecular formula is C15H18N4O. The van der Waals surface area contributed by atoms with Gasteiger partial charge >= 0.3 is 0 Å². The summed E-state index contributed by atoms with van der Waals surface area (Å²) >= 11 is 0. The molecule has 1 fully saturated rings. The minimum absolute atomic E-state index is 0.135. The molecule has 20 heavy (non-hydrogen) atoms. The van der Waals surface area contributed by atoms with E-state index in [-0.39, 0.29) is 11.8 Å². The van der Waals surface area contributed by atoms with E-state index >= 15 is 0 Å². The van der Waals surface area contributed by atoms with Gasteiger partial charge in [0.2, 0.25) is 5.91 Å². The van der Waals surface area contributed by atoms with Crippen LogP contribution in [0.15, 0.2) is 43.0 Å². The van der Waals surface area contributed by atoms with Gasteiger partial charge < -0.3 is 15.2 Å². The fraction of sp³-hybridized carbons (Fsp3) is 0.333. The van der Waals surface area contributed by atoms with Crippen LogP contribution in [0.4, 0.5) is 0 Å². The van der Waals surface area contributed by atoms with Crippen LogP contribution in [0.2, 0.25) is 0 Å². The van der Waals surface area contributed by atoms with E-state index in [1.807, 2.05) is 22.9 Å². The fourth-order valence-electron chi connectivity index (χ4n) is 2.26. The monoisotopic (exact) mass is 270 g/mol. The summed E-state index contributed by atoms with van der Waals surface area (Å²) in [5.41, 5.74) is 2.36. The molecule has 0 aliphatic carbocycles. The Balaban J connectivity index is 1.64. The Morgan fingerprint density at radius 1 is 1.35 bits per heavy atom. The summed E-state index contributed by atoms with van der Waals surface area (Å²) in [5.74, 6) is 0.275. The molecule has 2 N–H and O–H groups in total. The first-order valence-corrected chi connectivity index (χ1v) is 6.84. The number of imidazole rings is 1. The Labute approximate surface area is 118 Å². The lowest BCUT2D eigenvalue weighted by Gasteiger charge is -2.26. The van der Waals surface area contributed by atoms with Crippen molar-refractivity contribution in [1.29, 1.82) is 0 Å². The van der Waals surface area contributed by atoms with Gasteiger partial charge in [-0.1, -0.05) is 24.3 Å². The van der Waals surface area contributed by atoms with E-state index in [4.69, 9.17) is 0 Å². The predicted molar refractivity (Wildman–Crippen MR) is 76.0 cm³/mol. The average Bonchev–Trinajstić information content (AvgIpc) is 2.88. The third-order valence-electron chi connectivity index (χ3n) is 3.64. The Kier molecular flexibility index (Phi) is 3.78. The molecule has 5 heteroatoms. The molecule has 0 atom stereocenters. The number of aromatic nitrogens is 2. The third kappa shape index (κ3) is 2.88. The lowest BCUT2D eigenvalue weighted by atomic mass is 10.0. The molecule has 1 aliphatic heterocycles. The fourth-order valence-corrected chi connectivity index (χ4v) is 2.26. The van der Waals surface area contributed by atoms with Crippen LogP contribution in [0.5, 0.6) is 0 Å². The first-order valence-electron chi connectivity index (χ1n) is 6.84. The first-order chi connectivity index (χ1) is 9.83. The van der Waals surface area contributed by atoms with Crippen molar-refractivity contribution < 1.29 is 4.79 Å². The summed E-state index contributed by atoms with van der Waals surface area (Å²) < 4.78 is 2.02. The zero-order valence-corrected chi connectivity index (χ0v) is 11.2. The normalized spacial score (nSPS) is 14.8. The quantitative estimate of drug-likeness (QED) is 0.843. The summed E-state index contributed by atoms with van der Waals surface area (Å²) in [6, 6.07) is 8.18. The first kappa shape index (κ1) is 12.9. The van der Waals surface area contributed by atoms with Crippen molar-refractivity contribution in [3.8, 4) is 0 Å². The van der Waals surface area contributed by atoms with Crippen LogP contribution in [-0.2, 0) is 17.9 Å². The molecule has 0 radical (unpaired) electrons. The second-order valence-corrected chi connectivity index (χ2v) is 5.08. The van der Waals surface area contributed by atoms with Crippen molar-refractivity contribution in [2.75, 3.05) is 13.1 Å². The summed E-state index contributed by atoms with van der Waals surface area (Å²) in [7, 11) is 0. The van der Waals surface area contributed by atoms with E-state index in [1.165, 1.54) is 5.56 Å². The Hall–Kier alpha value is -2.14. The van der Waals surface area contributed by atoms with Gasteiger partial charge in [-0.25, -0.2) is 4.98 Å². The summed E-state index contributed by atoms with van der Waals surface area (Å²) in [6.07, 6.45) is 5.51. The van der Waals surface area contributed by atoms with Gasteiger partial charge in [0.1, 0.15) is 0 Å². The van der Waals surface area contributed by atoms with E-state index in [2.05, 4.69) is 27.8 Å². The van der Waals surface area contributed by atoms with Crippen molar-refractivity contribution in [3.63, 3.8) is 0 Å². The standard InChI is InChI=1S/C15H18N4O/c20-15(14-7-17-8-14)18-9-12-3-1-2-4-13(12)10-19-6-5-16-11-19/h1-6,11,14,17H,7-10H2,(H,18,20). The van der Waals surface area contributed by atoms with Crippen LogP contribution in [-0.4, -0.2) is 28.5 Å². The van der Waals surface area contributed by atoms with E-state index < -0.39 is 0 Å². The van der Waals surface area contributed by atoms with Gasteiger partial charge in [-0.15, -0.1) is 0 Å². The largest absolute Gasteiger partial charge is 0.352 e. The number of carbonyl (C=O) groups is 1. The van der Waals surface area contributed by atoms with Crippen molar-refractivity contribution in [1.82, 2.24) is 20.2 Å². The molecule has 2 heterocycles. The SMILES string of the molecule is O=C(NCc1ccccc1Cn1ccnc1)C1CNC1. The van der Waals surface area contributed by atoms with Gasteiger partial charge in [0.05, 0.1) is 12.2 Å². The topological polar surface area (TPSA) is 59.0 Å². The van der Waals surface area contributed by atoms with Gasteiger partial charge in [0.25, 0.3) is 0 Å². The number of carbonyl (C=O) groups excluding carboxylic acids is 1. The molecule has 1 aromatic carbocycles. The van der Waals surface area contributed by atoms with Crippen LogP contribution in [0, 0.1) is 5.92 Å². The highest BCUT2D eigenvalue weighted by Crippen LogP contribution is 2.11. The van der Waals surface area contributed by atoms with E-state index in [0.717, 1.165) is 25.2 Å². The molecule has 2 aromatic rings. The molecule has 1 aromatic heterocycles. The zero-order chi connectivity index (χ0) is 13.8. The highest BCUT2D eigenvalue weighted by Gasteiger charge is 2.24. The van der Waals surface area contributed by atoms with Gasteiger partial charge in [-0.05, 0) is 11.1 Å². The van der Waals surface area contributed by atoms with Gasteiger partial charge in [-0.2, -0.15) is 0 Å². The molecular weight excluding hydrogens is 252 g/mol. The second-order valence-electron chi connectivity index (χ2n) is 5.08. The molecule has 0 saturated carbocycles. The molecule has 0 spiro atoms. The second kappa shape index (κ2) is 5.88. The summed E-state index contributed by atoms with van der Waals surface area (Å²) in [4.78, 5) is 15.9. The minimum Gasteiger partial charge on any atom is -0.352 e. The van der Waals surface area contributed by atoms with E-state index in [0.29, 0.717) is 6.54 Å². The zero-order valence-electron chi connectivity index (χ0n) is 11.2.